The summed E-state index contributed by atoms with van der Waals surface area (Å²) in [5, 5.41) is 13.5. The highest BCUT2D eigenvalue weighted by Gasteiger charge is 2.48. The first kappa shape index (κ1) is 20.8. The van der Waals surface area contributed by atoms with Crippen LogP contribution < -0.4 is 4.72 Å². The summed E-state index contributed by atoms with van der Waals surface area (Å²) in [4.78, 5) is 24.5. The van der Waals surface area contributed by atoms with E-state index in [1.807, 2.05) is 0 Å². The molecule has 3 aromatic rings. The van der Waals surface area contributed by atoms with Crippen molar-refractivity contribution in [2.75, 3.05) is 0 Å². The SMILES string of the molecule is CC1=CC=CC(C(=O)O)C1(Cc1ccccn1)NS(=O)(=O)c1nc2nccc(C)n2n1. The maximum atomic E-state index is 13.3. The third-order valence-corrected chi connectivity index (χ3v) is 6.59. The second-order valence-corrected chi connectivity index (χ2v) is 8.89. The number of rotatable bonds is 6. The highest BCUT2D eigenvalue weighted by Crippen LogP contribution is 2.35. The van der Waals surface area contributed by atoms with Gasteiger partial charge in [0.1, 0.15) is 0 Å². The lowest BCUT2D eigenvalue weighted by molar-refractivity contribution is -0.141. The number of fused-ring (bicyclic) bond motifs is 1. The summed E-state index contributed by atoms with van der Waals surface area (Å²) in [6.45, 7) is 3.43. The number of aliphatic carboxylic acids is 1. The standard InChI is InChI=1S/C20H20N6O4S/c1-13-6-5-8-16(17(27)28)20(13,12-15-7-3-4-10-21-15)25-31(29,30)19-23-18-22-11-9-14(2)26(18)24-19/h3-11,16,25H,12H2,1-2H3,(H,27,28). The van der Waals surface area contributed by atoms with Gasteiger partial charge < -0.3 is 5.11 Å². The maximum absolute atomic E-state index is 13.3. The number of aromatic nitrogens is 5. The van der Waals surface area contributed by atoms with E-state index in [0.717, 1.165) is 0 Å². The van der Waals surface area contributed by atoms with Crippen LogP contribution in [0.4, 0.5) is 0 Å². The van der Waals surface area contributed by atoms with Gasteiger partial charge in [0.05, 0.1) is 11.5 Å². The van der Waals surface area contributed by atoms with E-state index in [1.54, 1.807) is 56.5 Å². The average molecular weight is 440 g/mol. The van der Waals surface area contributed by atoms with Crippen molar-refractivity contribution in [3.8, 4) is 0 Å². The molecule has 0 saturated heterocycles. The van der Waals surface area contributed by atoms with Crippen molar-refractivity contribution in [3.63, 3.8) is 0 Å². The zero-order valence-electron chi connectivity index (χ0n) is 16.8. The molecule has 0 amide bonds. The zero-order chi connectivity index (χ0) is 22.2. The molecule has 1 aliphatic carbocycles. The molecule has 2 N–H and O–H groups in total. The molecule has 0 fully saturated rings. The summed E-state index contributed by atoms with van der Waals surface area (Å²) in [7, 11) is -4.32. The number of aryl methyl sites for hydroxylation is 1. The van der Waals surface area contributed by atoms with Crippen LogP contribution in [0.25, 0.3) is 5.78 Å². The van der Waals surface area contributed by atoms with Crippen molar-refractivity contribution in [3.05, 3.63) is 71.8 Å². The Bertz CT molecular complexity index is 1320. The number of pyridine rings is 1. The number of carbonyl (C=O) groups is 1. The second-order valence-electron chi connectivity index (χ2n) is 7.32. The Morgan fingerprint density at radius 3 is 2.71 bits per heavy atom. The predicted molar refractivity (Wildman–Crippen MR) is 111 cm³/mol. The van der Waals surface area contributed by atoms with Crippen molar-refractivity contribution in [2.45, 2.75) is 31.0 Å². The first-order chi connectivity index (χ1) is 14.7. The van der Waals surface area contributed by atoms with Gasteiger partial charge in [-0.15, -0.1) is 5.10 Å². The Labute approximate surface area is 178 Å². The maximum Gasteiger partial charge on any atom is 0.312 e. The van der Waals surface area contributed by atoms with Crippen LogP contribution in [0, 0.1) is 12.8 Å². The first-order valence-corrected chi connectivity index (χ1v) is 10.9. The van der Waals surface area contributed by atoms with Gasteiger partial charge in [-0.25, -0.2) is 17.9 Å². The number of allylic oxidation sites excluding steroid dienone is 2. The zero-order valence-corrected chi connectivity index (χ0v) is 17.6. The van der Waals surface area contributed by atoms with E-state index >= 15 is 0 Å². The van der Waals surface area contributed by atoms with Crippen LogP contribution in [0.1, 0.15) is 18.3 Å². The number of nitrogens with one attached hydrogen (secondary N) is 1. The average Bonchev–Trinajstić information content (AvgIpc) is 3.17. The minimum absolute atomic E-state index is 0.0291. The van der Waals surface area contributed by atoms with E-state index in [-0.39, 0.29) is 12.2 Å². The Kier molecular flexibility index (Phi) is 5.15. The fourth-order valence-electron chi connectivity index (χ4n) is 3.67. The summed E-state index contributed by atoms with van der Waals surface area (Å²) in [6.07, 6.45) is 7.86. The summed E-state index contributed by atoms with van der Waals surface area (Å²) < 4.78 is 30.6. The van der Waals surface area contributed by atoms with Gasteiger partial charge in [0.25, 0.3) is 21.0 Å². The van der Waals surface area contributed by atoms with Crippen molar-refractivity contribution in [2.24, 2.45) is 5.92 Å². The fraction of sp³-hybridized carbons (Fsp3) is 0.250. The van der Waals surface area contributed by atoms with Crippen molar-refractivity contribution in [1.29, 1.82) is 0 Å². The highest BCUT2D eigenvalue weighted by atomic mass is 32.2. The summed E-state index contributed by atoms with van der Waals surface area (Å²) >= 11 is 0. The van der Waals surface area contributed by atoms with E-state index in [0.29, 0.717) is 17.0 Å². The van der Waals surface area contributed by atoms with Crippen LogP contribution in [0.15, 0.2) is 65.6 Å². The van der Waals surface area contributed by atoms with Crippen molar-refractivity contribution in [1.82, 2.24) is 29.3 Å². The van der Waals surface area contributed by atoms with E-state index in [9.17, 15) is 18.3 Å². The van der Waals surface area contributed by atoms with Crippen molar-refractivity contribution < 1.29 is 18.3 Å². The molecule has 2 unspecified atom stereocenters. The predicted octanol–water partition coefficient (Wildman–Crippen LogP) is 1.30. The van der Waals surface area contributed by atoms with Crippen LogP contribution in [-0.4, -0.2) is 49.6 Å². The lowest BCUT2D eigenvalue weighted by atomic mass is 9.73. The molecule has 4 rings (SSSR count). The molecule has 2 atom stereocenters. The fourth-order valence-corrected chi connectivity index (χ4v) is 4.99. The van der Waals surface area contributed by atoms with Gasteiger partial charge in [0, 0.05) is 30.2 Å². The van der Waals surface area contributed by atoms with E-state index in [2.05, 4.69) is 24.8 Å². The Morgan fingerprint density at radius 2 is 2.03 bits per heavy atom. The first-order valence-electron chi connectivity index (χ1n) is 9.43. The van der Waals surface area contributed by atoms with Crippen LogP contribution in [0.3, 0.4) is 0 Å². The Hall–Kier alpha value is -3.44. The summed E-state index contributed by atoms with van der Waals surface area (Å²) in [5.74, 6) is -2.20. The molecule has 0 aromatic carbocycles. The van der Waals surface area contributed by atoms with Crippen LogP contribution in [0.2, 0.25) is 0 Å². The molecular formula is C20H20N6O4S. The smallest absolute Gasteiger partial charge is 0.312 e. The molecule has 160 valence electrons. The summed E-state index contributed by atoms with van der Waals surface area (Å²) in [5.41, 5.74) is 0.241. The Balaban J connectivity index is 1.83. The van der Waals surface area contributed by atoms with Crippen LogP contribution >= 0.6 is 0 Å². The molecule has 10 nitrogen and oxygen atoms in total. The lowest BCUT2D eigenvalue weighted by Crippen LogP contribution is -2.58. The third kappa shape index (κ3) is 3.73. The molecule has 0 saturated carbocycles. The topological polar surface area (TPSA) is 139 Å². The van der Waals surface area contributed by atoms with E-state index in [1.165, 1.54) is 16.8 Å². The molecule has 3 heterocycles. The molecule has 11 heteroatoms. The van der Waals surface area contributed by atoms with Crippen molar-refractivity contribution >= 4 is 21.8 Å². The normalized spacial score (nSPS) is 21.2. The number of carboxylic acid groups (broad SMARTS) is 1. The van der Waals surface area contributed by atoms with E-state index < -0.39 is 32.6 Å². The van der Waals surface area contributed by atoms with E-state index in [4.69, 9.17) is 0 Å². The molecule has 0 spiro atoms. The van der Waals surface area contributed by atoms with Gasteiger partial charge in [-0.05, 0) is 32.0 Å². The minimum Gasteiger partial charge on any atom is -0.481 e. The number of hydrogen-bond donors (Lipinski definition) is 2. The van der Waals surface area contributed by atoms with Gasteiger partial charge in [0.2, 0.25) is 0 Å². The number of hydrogen-bond acceptors (Lipinski definition) is 7. The van der Waals surface area contributed by atoms with Gasteiger partial charge in [-0.2, -0.15) is 9.71 Å². The van der Waals surface area contributed by atoms with Gasteiger partial charge in [-0.1, -0.05) is 29.9 Å². The van der Waals surface area contributed by atoms with Gasteiger partial charge >= 0.3 is 5.97 Å². The van der Waals surface area contributed by atoms with Gasteiger partial charge in [0.15, 0.2) is 0 Å². The van der Waals surface area contributed by atoms with Crippen LogP contribution in [-0.2, 0) is 21.2 Å². The number of carboxylic acids is 1. The van der Waals surface area contributed by atoms with Gasteiger partial charge in [-0.3, -0.25) is 9.78 Å². The third-order valence-electron chi connectivity index (χ3n) is 5.30. The Morgan fingerprint density at radius 1 is 1.23 bits per heavy atom. The quantitative estimate of drug-likeness (QED) is 0.585. The monoisotopic (exact) mass is 440 g/mol. The molecule has 31 heavy (non-hydrogen) atoms. The molecular weight excluding hydrogens is 420 g/mol. The van der Waals surface area contributed by atoms with Crippen LogP contribution in [0.5, 0.6) is 0 Å². The second kappa shape index (κ2) is 7.67. The number of nitrogens with zero attached hydrogens (tertiary/aromatic N) is 5. The lowest BCUT2D eigenvalue weighted by Gasteiger charge is -2.40. The molecule has 0 bridgehead atoms. The molecule has 3 aromatic heterocycles. The molecule has 1 aliphatic rings. The number of sulfonamides is 1. The molecule has 0 aliphatic heterocycles. The summed E-state index contributed by atoms with van der Waals surface area (Å²) in [6, 6.07) is 6.88. The molecule has 0 radical (unpaired) electrons. The minimum atomic E-state index is -4.32. The largest absolute Gasteiger partial charge is 0.481 e. The highest BCUT2D eigenvalue weighted by molar-refractivity contribution is 7.89.